The van der Waals surface area contributed by atoms with Crippen LogP contribution in [0.5, 0.6) is 0 Å². The van der Waals surface area contributed by atoms with Crippen LogP contribution in [0.2, 0.25) is 0 Å². The Hall–Kier alpha value is -1.19. The number of hydrogen-bond acceptors (Lipinski definition) is 3. The molecular formula is C10H18N4. The largest absolute Gasteiger partial charge is 0.382 e. The summed E-state index contributed by atoms with van der Waals surface area (Å²) in [6.07, 6.45) is 4.38. The second-order valence-electron chi connectivity index (χ2n) is 4.22. The molecule has 1 fully saturated rings. The van der Waals surface area contributed by atoms with Crippen molar-refractivity contribution < 1.29 is 0 Å². The number of H-pyrrole nitrogens is 1. The minimum Gasteiger partial charge on any atom is -0.382 e. The van der Waals surface area contributed by atoms with Gasteiger partial charge in [-0.15, -0.1) is 0 Å². The average Bonchev–Trinajstić information content (AvgIpc) is 2.57. The number of rotatable bonds is 1. The lowest BCUT2D eigenvalue weighted by Gasteiger charge is -2.38. The quantitative estimate of drug-likeness (QED) is 0.714. The fourth-order valence-electron chi connectivity index (χ4n) is 2.19. The Morgan fingerprint density at radius 3 is 3.00 bits per heavy atom. The second kappa shape index (κ2) is 3.52. The van der Waals surface area contributed by atoms with Gasteiger partial charge in [-0.1, -0.05) is 6.92 Å². The minimum atomic E-state index is 0.559. The Kier molecular flexibility index (Phi) is 2.35. The first kappa shape index (κ1) is 9.37. The van der Waals surface area contributed by atoms with Crippen LogP contribution >= 0.6 is 0 Å². The van der Waals surface area contributed by atoms with E-state index in [2.05, 4.69) is 28.9 Å². The van der Waals surface area contributed by atoms with E-state index in [0.29, 0.717) is 11.9 Å². The molecule has 1 aromatic heterocycles. The molecule has 4 heteroatoms. The summed E-state index contributed by atoms with van der Waals surface area (Å²) >= 11 is 0. The van der Waals surface area contributed by atoms with E-state index < -0.39 is 0 Å². The van der Waals surface area contributed by atoms with Crippen molar-refractivity contribution in [3.05, 3.63) is 6.20 Å². The summed E-state index contributed by atoms with van der Waals surface area (Å²) in [4.78, 5) is 2.35. The lowest BCUT2D eigenvalue weighted by Crippen LogP contribution is -2.42. The normalized spacial score (nSPS) is 28.0. The molecule has 0 radical (unpaired) electrons. The number of aromatic nitrogens is 2. The van der Waals surface area contributed by atoms with Crippen LogP contribution in [0.1, 0.15) is 26.7 Å². The molecule has 0 amide bonds. The summed E-state index contributed by atoms with van der Waals surface area (Å²) < 4.78 is 0. The van der Waals surface area contributed by atoms with Gasteiger partial charge in [-0.05, 0) is 25.7 Å². The molecule has 3 N–H and O–H groups in total. The topological polar surface area (TPSA) is 57.9 Å². The zero-order valence-corrected chi connectivity index (χ0v) is 8.83. The van der Waals surface area contributed by atoms with Gasteiger partial charge in [0.25, 0.3) is 0 Å². The highest BCUT2D eigenvalue weighted by molar-refractivity contribution is 5.62. The number of hydrogen-bond donors (Lipinski definition) is 2. The molecule has 2 rings (SSSR count). The van der Waals surface area contributed by atoms with Gasteiger partial charge < -0.3 is 10.6 Å². The smallest absolute Gasteiger partial charge is 0.142 e. The molecule has 0 spiro atoms. The first-order chi connectivity index (χ1) is 6.70. The van der Waals surface area contributed by atoms with Crippen molar-refractivity contribution in [1.29, 1.82) is 0 Å². The molecule has 1 aliphatic rings. The van der Waals surface area contributed by atoms with Gasteiger partial charge in [-0.3, -0.25) is 5.10 Å². The molecule has 1 aromatic rings. The molecule has 14 heavy (non-hydrogen) atoms. The van der Waals surface area contributed by atoms with Crippen LogP contribution in [0.3, 0.4) is 0 Å². The number of nitrogens with one attached hydrogen (secondary N) is 1. The SMILES string of the molecule is CC1CCCN(c2cn[nH]c2N)C1C. The van der Waals surface area contributed by atoms with E-state index in [1.807, 2.05) is 6.20 Å². The third-order valence-electron chi connectivity index (χ3n) is 3.33. The monoisotopic (exact) mass is 194 g/mol. The number of piperidine rings is 1. The molecule has 0 aromatic carbocycles. The van der Waals surface area contributed by atoms with Gasteiger partial charge in [0.1, 0.15) is 5.82 Å². The molecule has 2 atom stereocenters. The molecule has 1 aliphatic heterocycles. The number of anilines is 2. The van der Waals surface area contributed by atoms with E-state index in [1.54, 1.807) is 0 Å². The maximum atomic E-state index is 5.82. The Morgan fingerprint density at radius 1 is 1.57 bits per heavy atom. The fourth-order valence-corrected chi connectivity index (χ4v) is 2.19. The minimum absolute atomic E-state index is 0.559. The van der Waals surface area contributed by atoms with Gasteiger partial charge >= 0.3 is 0 Å². The maximum absolute atomic E-state index is 5.82. The predicted molar refractivity (Wildman–Crippen MR) is 58.2 cm³/mol. The van der Waals surface area contributed by atoms with Crippen molar-refractivity contribution in [3.63, 3.8) is 0 Å². The standard InChI is InChI=1S/C10H18N4/c1-7-4-3-5-14(8(7)2)9-6-12-13-10(9)11/h6-8H,3-5H2,1-2H3,(H3,11,12,13). The lowest BCUT2D eigenvalue weighted by molar-refractivity contribution is 0.364. The predicted octanol–water partition coefficient (Wildman–Crippen LogP) is 1.62. The third-order valence-corrected chi connectivity index (χ3v) is 3.33. The second-order valence-corrected chi connectivity index (χ2v) is 4.22. The molecule has 2 heterocycles. The molecule has 0 aliphatic carbocycles. The van der Waals surface area contributed by atoms with Crippen molar-refractivity contribution >= 4 is 11.5 Å². The molecular weight excluding hydrogens is 176 g/mol. The summed E-state index contributed by atoms with van der Waals surface area (Å²) in [6.45, 7) is 5.65. The lowest BCUT2D eigenvalue weighted by atomic mass is 9.92. The van der Waals surface area contributed by atoms with Gasteiger partial charge in [0.15, 0.2) is 0 Å². The van der Waals surface area contributed by atoms with Gasteiger partial charge in [0.05, 0.1) is 11.9 Å². The van der Waals surface area contributed by atoms with Crippen LogP contribution < -0.4 is 10.6 Å². The molecule has 78 valence electrons. The molecule has 2 unspecified atom stereocenters. The summed E-state index contributed by atoms with van der Waals surface area (Å²) in [6, 6.07) is 0.559. The third kappa shape index (κ3) is 1.45. The summed E-state index contributed by atoms with van der Waals surface area (Å²) in [5.41, 5.74) is 6.88. The van der Waals surface area contributed by atoms with E-state index in [4.69, 9.17) is 5.73 Å². The molecule has 0 bridgehead atoms. The van der Waals surface area contributed by atoms with Crippen LogP contribution in [-0.4, -0.2) is 22.8 Å². The van der Waals surface area contributed by atoms with Gasteiger partial charge in [-0.25, -0.2) is 0 Å². The van der Waals surface area contributed by atoms with E-state index in [1.165, 1.54) is 12.8 Å². The molecule has 1 saturated heterocycles. The van der Waals surface area contributed by atoms with Gasteiger partial charge in [0.2, 0.25) is 0 Å². The first-order valence-corrected chi connectivity index (χ1v) is 5.25. The fraction of sp³-hybridized carbons (Fsp3) is 0.700. The number of nitrogens with zero attached hydrogens (tertiary/aromatic N) is 2. The van der Waals surface area contributed by atoms with Crippen LogP contribution in [0.15, 0.2) is 6.20 Å². The Labute approximate surface area is 84.5 Å². The van der Waals surface area contributed by atoms with Crippen LogP contribution in [0, 0.1) is 5.92 Å². The number of nitrogens with two attached hydrogens (primary N) is 1. The number of nitrogen functional groups attached to an aromatic ring is 1. The van der Waals surface area contributed by atoms with Crippen molar-refractivity contribution in [1.82, 2.24) is 10.2 Å². The van der Waals surface area contributed by atoms with Crippen molar-refractivity contribution in [2.24, 2.45) is 5.92 Å². The average molecular weight is 194 g/mol. The highest BCUT2D eigenvalue weighted by Gasteiger charge is 2.26. The Balaban J connectivity index is 2.21. The van der Waals surface area contributed by atoms with E-state index in [9.17, 15) is 0 Å². The zero-order valence-electron chi connectivity index (χ0n) is 8.83. The maximum Gasteiger partial charge on any atom is 0.142 e. The van der Waals surface area contributed by atoms with Gasteiger partial charge in [-0.2, -0.15) is 5.10 Å². The molecule has 0 saturated carbocycles. The summed E-state index contributed by atoms with van der Waals surface area (Å²) in [7, 11) is 0. The zero-order chi connectivity index (χ0) is 10.1. The van der Waals surface area contributed by atoms with Gasteiger partial charge in [0, 0.05) is 12.6 Å². The van der Waals surface area contributed by atoms with Crippen LogP contribution in [-0.2, 0) is 0 Å². The van der Waals surface area contributed by atoms with Crippen LogP contribution in [0.4, 0.5) is 11.5 Å². The molecule has 4 nitrogen and oxygen atoms in total. The van der Waals surface area contributed by atoms with E-state index in [-0.39, 0.29) is 0 Å². The van der Waals surface area contributed by atoms with E-state index in [0.717, 1.165) is 18.2 Å². The highest BCUT2D eigenvalue weighted by Crippen LogP contribution is 2.30. The van der Waals surface area contributed by atoms with Crippen molar-refractivity contribution in [2.45, 2.75) is 32.7 Å². The van der Waals surface area contributed by atoms with Crippen molar-refractivity contribution in [2.75, 3.05) is 17.2 Å². The Morgan fingerprint density at radius 2 is 2.36 bits per heavy atom. The van der Waals surface area contributed by atoms with E-state index >= 15 is 0 Å². The summed E-state index contributed by atoms with van der Waals surface area (Å²) in [5.74, 6) is 1.42. The number of aromatic amines is 1. The van der Waals surface area contributed by atoms with Crippen molar-refractivity contribution in [3.8, 4) is 0 Å². The van der Waals surface area contributed by atoms with Crippen LogP contribution in [0.25, 0.3) is 0 Å². The Bertz CT molecular complexity index is 307. The first-order valence-electron chi connectivity index (χ1n) is 5.25. The highest BCUT2D eigenvalue weighted by atomic mass is 15.2. The summed E-state index contributed by atoms with van der Waals surface area (Å²) in [5, 5.41) is 6.75.